The Bertz CT molecular complexity index is 511. The summed E-state index contributed by atoms with van der Waals surface area (Å²) in [5, 5.41) is 6.38. The lowest BCUT2D eigenvalue weighted by atomic mass is 10.3. The summed E-state index contributed by atoms with van der Waals surface area (Å²) in [6.45, 7) is 6.27. The molecule has 0 unspecified atom stereocenters. The second kappa shape index (κ2) is 6.09. The molecule has 4 nitrogen and oxygen atoms in total. The number of hydrazone groups is 1. The number of hydrogen-bond donors (Lipinski definition) is 1. The summed E-state index contributed by atoms with van der Waals surface area (Å²) >= 11 is 0. The summed E-state index contributed by atoms with van der Waals surface area (Å²) in [5.41, 5.74) is 1.96. The molecule has 0 amide bonds. The normalized spacial score (nSPS) is 17.9. The van der Waals surface area contributed by atoms with Gasteiger partial charge in [0, 0.05) is 17.0 Å². The van der Waals surface area contributed by atoms with E-state index in [1.165, 1.54) is 9.47 Å². The van der Waals surface area contributed by atoms with Gasteiger partial charge in [-0.05, 0) is 19.9 Å². The fourth-order valence-corrected chi connectivity index (χ4v) is 2.52. The van der Waals surface area contributed by atoms with Crippen molar-refractivity contribution in [2.24, 2.45) is 5.10 Å². The molecule has 0 aliphatic carbocycles. The molecule has 0 aromatic carbocycles. The number of aromatic nitrogens is 1. The Labute approximate surface area is 122 Å². The molecule has 1 N–H and O–H groups in total. The van der Waals surface area contributed by atoms with Crippen LogP contribution in [0.5, 0.6) is 0 Å². The van der Waals surface area contributed by atoms with E-state index in [9.17, 15) is 13.2 Å². The second-order valence-electron chi connectivity index (χ2n) is 5.68. The Balaban J connectivity index is 2.09. The van der Waals surface area contributed by atoms with Crippen LogP contribution >= 0.6 is 0 Å². The molecule has 0 radical (unpaired) electrons. The number of nitrogens with one attached hydrogen (secondary N) is 1. The van der Waals surface area contributed by atoms with Crippen molar-refractivity contribution < 1.29 is 18.1 Å². The SMILES string of the molecule is Cc1cc(/C=N\N2CC[NH+](C)CC2)c(C)n1CC(F)(F)F. The van der Waals surface area contributed by atoms with Gasteiger partial charge >= 0.3 is 6.18 Å². The maximum Gasteiger partial charge on any atom is 0.406 e. The molecular formula is C14H22F3N4+. The first-order valence-electron chi connectivity index (χ1n) is 7.10. The predicted octanol–water partition coefficient (Wildman–Crippen LogP) is 0.831. The molecule has 2 heterocycles. The highest BCUT2D eigenvalue weighted by atomic mass is 19.4. The van der Waals surface area contributed by atoms with Gasteiger partial charge in [-0.3, -0.25) is 5.01 Å². The van der Waals surface area contributed by atoms with Crippen LogP contribution in [0.4, 0.5) is 13.2 Å². The van der Waals surface area contributed by atoms with Crippen LogP contribution in [0.3, 0.4) is 0 Å². The smallest absolute Gasteiger partial charge is 0.339 e. The van der Waals surface area contributed by atoms with Crippen LogP contribution < -0.4 is 4.90 Å². The van der Waals surface area contributed by atoms with Gasteiger partial charge in [0.25, 0.3) is 0 Å². The summed E-state index contributed by atoms with van der Waals surface area (Å²) in [4.78, 5) is 1.48. The summed E-state index contributed by atoms with van der Waals surface area (Å²) in [6.07, 6.45) is -2.53. The summed E-state index contributed by atoms with van der Waals surface area (Å²) in [6, 6.07) is 1.76. The van der Waals surface area contributed by atoms with Gasteiger partial charge in [-0.2, -0.15) is 18.3 Å². The lowest BCUT2D eigenvalue weighted by Crippen LogP contribution is -3.11. The maximum atomic E-state index is 12.6. The minimum Gasteiger partial charge on any atom is -0.339 e. The van der Waals surface area contributed by atoms with Crippen molar-refractivity contribution in [2.75, 3.05) is 33.2 Å². The summed E-state index contributed by atoms with van der Waals surface area (Å²) in [5.74, 6) is 0. The number of hydrogen-bond acceptors (Lipinski definition) is 2. The first-order chi connectivity index (χ1) is 9.76. The minimum absolute atomic E-state index is 0.605. The van der Waals surface area contributed by atoms with Gasteiger partial charge in [0.1, 0.15) is 6.54 Å². The molecule has 0 saturated carbocycles. The third kappa shape index (κ3) is 4.23. The Morgan fingerprint density at radius 2 is 1.90 bits per heavy atom. The zero-order chi connectivity index (χ0) is 15.6. The topological polar surface area (TPSA) is 25.0 Å². The van der Waals surface area contributed by atoms with Gasteiger partial charge in [-0.1, -0.05) is 0 Å². The zero-order valence-corrected chi connectivity index (χ0v) is 12.7. The molecule has 21 heavy (non-hydrogen) atoms. The van der Waals surface area contributed by atoms with E-state index in [1.54, 1.807) is 26.1 Å². The number of nitrogens with zero attached hydrogens (tertiary/aromatic N) is 3. The van der Waals surface area contributed by atoms with Crippen molar-refractivity contribution in [3.05, 3.63) is 23.0 Å². The quantitative estimate of drug-likeness (QED) is 0.822. The van der Waals surface area contributed by atoms with E-state index >= 15 is 0 Å². The molecule has 7 heteroatoms. The maximum absolute atomic E-state index is 12.6. The molecule has 1 aromatic heterocycles. The molecule has 0 bridgehead atoms. The number of likely N-dealkylation sites (N-methyl/N-ethyl adjacent to an activating group) is 1. The van der Waals surface area contributed by atoms with Crippen molar-refractivity contribution in [2.45, 2.75) is 26.6 Å². The first kappa shape index (κ1) is 15.9. The highest BCUT2D eigenvalue weighted by Gasteiger charge is 2.29. The van der Waals surface area contributed by atoms with E-state index in [0.717, 1.165) is 31.7 Å². The highest BCUT2D eigenvalue weighted by Crippen LogP contribution is 2.22. The average Bonchev–Trinajstić information content (AvgIpc) is 2.64. The lowest BCUT2D eigenvalue weighted by Gasteiger charge is -2.27. The summed E-state index contributed by atoms with van der Waals surface area (Å²) < 4.78 is 39.0. The van der Waals surface area contributed by atoms with Crippen LogP contribution in [0.2, 0.25) is 0 Å². The zero-order valence-electron chi connectivity index (χ0n) is 12.7. The lowest BCUT2D eigenvalue weighted by molar-refractivity contribution is -0.884. The molecule has 0 atom stereocenters. The van der Waals surface area contributed by atoms with Crippen LogP contribution in [0.1, 0.15) is 17.0 Å². The fraction of sp³-hybridized carbons (Fsp3) is 0.643. The van der Waals surface area contributed by atoms with Gasteiger partial charge in [-0.25, -0.2) is 0 Å². The predicted molar refractivity (Wildman–Crippen MR) is 75.7 cm³/mol. The van der Waals surface area contributed by atoms with E-state index in [-0.39, 0.29) is 0 Å². The average molecular weight is 303 g/mol. The Morgan fingerprint density at radius 3 is 2.48 bits per heavy atom. The number of rotatable bonds is 3. The van der Waals surface area contributed by atoms with E-state index < -0.39 is 12.7 Å². The van der Waals surface area contributed by atoms with Crippen LogP contribution in [0.25, 0.3) is 0 Å². The number of quaternary nitrogens is 1. The third-order valence-electron chi connectivity index (χ3n) is 3.90. The number of aryl methyl sites for hydroxylation is 1. The van der Waals surface area contributed by atoms with Gasteiger partial charge in [-0.15, -0.1) is 0 Å². The van der Waals surface area contributed by atoms with Crippen molar-refractivity contribution in [3.63, 3.8) is 0 Å². The molecule has 1 fully saturated rings. The van der Waals surface area contributed by atoms with Gasteiger partial charge in [0.15, 0.2) is 0 Å². The van der Waals surface area contributed by atoms with Crippen molar-refractivity contribution >= 4 is 6.21 Å². The van der Waals surface area contributed by atoms with Crippen molar-refractivity contribution in [1.82, 2.24) is 9.58 Å². The Hall–Kier alpha value is -1.50. The molecule has 118 valence electrons. The van der Waals surface area contributed by atoms with E-state index in [4.69, 9.17) is 0 Å². The molecule has 1 aromatic rings. The van der Waals surface area contributed by atoms with E-state index in [1.807, 2.05) is 5.01 Å². The minimum atomic E-state index is -4.21. The fourth-order valence-electron chi connectivity index (χ4n) is 2.52. The standard InChI is InChI=1S/C14H21F3N4/c1-11-8-13(12(2)21(11)10-14(15,16)17)9-18-20-6-4-19(3)5-7-20/h8-9H,4-7,10H2,1-3H3/p+1/b18-9-. The van der Waals surface area contributed by atoms with Crippen LogP contribution in [-0.2, 0) is 6.54 Å². The van der Waals surface area contributed by atoms with E-state index in [0.29, 0.717) is 11.4 Å². The number of halogens is 3. The van der Waals surface area contributed by atoms with E-state index in [2.05, 4.69) is 12.1 Å². The second-order valence-corrected chi connectivity index (χ2v) is 5.68. The number of alkyl halides is 3. The van der Waals surface area contributed by atoms with Gasteiger partial charge in [0.05, 0.1) is 39.4 Å². The molecule has 0 spiro atoms. The van der Waals surface area contributed by atoms with Crippen molar-refractivity contribution in [1.29, 1.82) is 0 Å². The van der Waals surface area contributed by atoms with Crippen LogP contribution in [0, 0.1) is 13.8 Å². The molecule has 2 rings (SSSR count). The monoisotopic (exact) mass is 303 g/mol. The Morgan fingerprint density at radius 1 is 1.29 bits per heavy atom. The molecular weight excluding hydrogens is 281 g/mol. The number of piperazine rings is 1. The molecule has 1 aliphatic heterocycles. The first-order valence-corrected chi connectivity index (χ1v) is 7.10. The largest absolute Gasteiger partial charge is 0.406 e. The molecule has 1 aliphatic rings. The van der Waals surface area contributed by atoms with Crippen LogP contribution in [0.15, 0.2) is 11.2 Å². The Kier molecular flexibility index (Phi) is 4.61. The highest BCUT2D eigenvalue weighted by molar-refractivity contribution is 5.81. The molecule has 1 saturated heterocycles. The summed E-state index contributed by atoms with van der Waals surface area (Å²) in [7, 11) is 2.14. The third-order valence-corrected chi connectivity index (χ3v) is 3.90. The van der Waals surface area contributed by atoms with Gasteiger partial charge in [0.2, 0.25) is 0 Å². The van der Waals surface area contributed by atoms with Gasteiger partial charge < -0.3 is 9.47 Å². The van der Waals surface area contributed by atoms with Crippen LogP contribution in [-0.4, -0.2) is 55.2 Å². The van der Waals surface area contributed by atoms with Crippen molar-refractivity contribution in [3.8, 4) is 0 Å².